The molecular formula is C17H26N4O3S2. The van der Waals surface area contributed by atoms with Gasteiger partial charge in [0, 0.05) is 18.5 Å². The fraction of sp³-hybridized carbons (Fsp3) is 0.706. The smallest absolute Gasteiger partial charge is 0.230 e. The van der Waals surface area contributed by atoms with Crippen molar-refractivity contribution in [1.29, 1.82) is 0 Å². The van der Waals surface area contributed by atoms with Crippen molar-refractivity contribution >= 4 is 27.5 Å². The van der Waals surface area contributed by atoms with Crippen LogP contribution in [0.15, 0.2) is 17.8 Å². The van der Waals surface area contributed by atoms with Crippen molar-refractivity contribution in [2.75, 3.05) is 17.3 Å². The summed E-state index contributed by atoms with van der Waals surface area (Å²) in [4.78, 5) is 12.2. The number of aromatic nitrogens is 3. The van der Waals surface area contributed by atoms with Crippen molar-refractivity contribution in [1.82, 2.24) is 20.1 Å². The van der Waals surface area contributed by atoms with Crippen LogP contribution in [0.1, 0.15) is 50.3 Å². The first-order chi connectivity index (χ1) is 12.5. The molecule has 0 radical (unpaired) electrons. The van der Waals surface area contributed by atoms with E-state index in [2.05, 4.69) is 26.7 Å². The molecule has 1 aliphatic heterocycles. The van der Waals surface area contributed by atoms with Gasteiger partial charge in [0.15, 0.2) is 15.0 Å². The summed E-state index contributed by atoms with van der Waals surface area (Å²) in [6.45, 7) is 4.45. The van der Waals surface area contributed by atoms with Crippen LogP contribution in [0.5, 0.6) is 0 Å². The van der Waals surface area contributed by atoms with E-state index in [1.54, 1.807) is 0 Å². The predicted molar refractivity (Wildman–Crippen MR) is 102 cm³/mol. The summed E-state index contributed by atoms with van der Waals surface area (Å²) >= 11 is 1.34. The Bertz CT molecular complexity index is 754. The molecule has 3 rings (SSSR count). The van der Waals surface area contributed by atoms with Crippen molar-refractivity contribution in [2.24, 2.45) is 0 Å². The molecule has 144 valence electrons. The van der Waals surface area contributed by atoms with Crippen LogP contribution in [-0.4, -0.2) is 52.4 Å². The molecule has 1 amide bonds. The van der Waals surface area contributed by atoms with Gasteiger partial charge >= 0.3 is 0 Å². The first kappa shape index (κ1) is 19.4. The second-order valence-electron chi connectivity index (χ2n) is 7.03. The number of nitrogens with zero attached hydrogens (tertiary/aromatic N) is 3. The Morgan fingerprint density at radius 1 is 1.27 bits per heavy atom. The third kappa shape index (κ3) is 4.88. The fourth-order valence-electron chi connectivity index (χ4n) is 3.68. The van der Waals surface area contributed by atoms with E-state index in [9.17, 15) is 13.2 Å². The molecule has 26 heavy (non-hydrogen) atoms. The van der Waals surface area contributed by atoms with Gasteiger partial charge in [-0.25, -0.2) is 8.42 Å². The fourth-order valence-corrected chi connectivity index (χ4v) is 6.12. The van der Waals surface area contributed by atoms with Crippen LogP contribution in [0.4, 0.5) is 0 Å². The van der Waals surface area contributed by atoms with Gasteiger partial charge in [-0.15, -0.1) is 16.8 Å². The number of hydrogen-bond acceptors (Lipinski definition) is 6. The zero-order chi connectivity index (χ0) is 18.6. The lowest BCUT2D eigenvalue weighted by atomic mass is 9.89. The van der Waals surface area contributed by atoms with Gasteiger partial charge in [-0.05, 0) is 19.3 Å². The normalized spacial score (nSPS) is 23.0. The molecular weight excluding hydrogens is 372 g/mol. The maximum absolute atomic E-state index is 12.2. The first-order valence-corrected chi connectivity index (χ1v) is 12.0. The third-order valence-electron chi connectivity index (χ3n) is 4.96. The molecule has 7 nitrogen and oxygen atoms in total. The molecule has 9 heteroatoms. The molecule has 2 heterocycles. The Kier molecular flexibility index (Phi) is 6.39. The lowest BCUT2D eigenvalue weighted by Gasteiger charge is -2.21. The van der Waals surface area contributed by atoms with Crippen molar-refractivity contribution in [3.8, 4) is 0 Å². The highest BCUT2D eigenvalue weighted by Crippen LogP contribution is 2.33. The van der Waals surface area contributed by atoms with Crippen LogP contribution in [0, 0.1) is 0 Å². The molecule has 1 atom stereocenters. The molecule has 0 aromatic carbocycles. The Morgan fingerprint density at radius 2 is 2.04 bits per heavy atom. The van der Waals surface area contributed by atoms with Gasteiger partial charge in [-0.3, -0.25) is 4.79 Å². The molecule has 1 saturated carbocycles. The van der Waals surface area contributed by atoms with Crippen LogP contribution >= 0.6 is 11.8 Å². The van der Waals surface area contributed by atoms with Crippen LogP contribution < -0.4 is 5.32 Å². The van der Waals surface area contributed by atoms with Gasteiger partial charge in [-0.1, -0.05) is 37.1 Å². The summed E-state index contributed by atoms with van der Waals surface area (Å²) in [5, 5.41) is 12.2. The minimum atomic E-state index is -2.99. The number of thioether (sulfide) groups is 1. The third-order valence-corrected chi connectivity index (χ3v) is 7.69. The number of rotatable bonds is 7. The van der Waals surface area contributed by atoms with E-state index in [0.29, 0.717) is 18.9 Å². The molecule has 0 spiro atoms. The van der Waals surface area contributed by atoms with E-state index in [1.807, 2.05) is 6.08 Å². The Labute approximate surface area is 158 Å². The van der Waals surface area contributed by atoms with E-state index in [-0.39, 0.29) is 29.2 Å². The van der Waals surface area contributed by atoms with Gasteiger partial charge in [0.1, 0.15) is 5.82 Å². The summed E-state index contributed by atoms with van der Waals surface area (Å²) in [6.07, 6.45) is 8.32. The topological polar surface area (TPSA) is 94.0 Å². The standard InChI is InChI=1S/C17H26N4O3S2/c1-2-9-21-16(13-6-4-3-5-7-13)19-20-17(21)25-11-15(22)18-14-8-10-26(23,24)12-14/h2,13-14H,1,3-12H2,(H,18,22)/t14-/m1/s1. The number of carbonyl (C=O) groups is 1. The average Bonchev–Trinajstić information content (AvgIpc) is 3.17. The largest absolute Gasteiger partial charge is 0.352 e. The molecule has 1 aromatic rings. The maximum atomic E-state index is 12.2. The molecule has 0 unspecified atom stereocenters. The van der Waals surface area contributed by atoms with Crippen LogP contribution in [-0.2, 0) is 21.2 Å². The SMILES string of the molecule is C=CCn1c(SCC(=O)N[C@@H]2CCS(=O)(=O)C2)nnc1C1CCCCC1. The van der Waals surface area contributed by atoms with E-state index in [4.69, 9.17) is 0 Å². The summed E-state index contributed by atoms with van der Waals surface area (Å²) < 4.78 is 25.0. The Morgan fingerprint density at radius 3 is 2.69 bits per heavy atom. The van der Waals surface area contributed by atoms with E-state index >= 15 is 0 Å². The van der Waals surface area contributed by atoms with Crippen LogP contribution in [0.25, 0.3) is 0 Å². The minimum absolute atomic E-state index is 0.0435. The Hall–Kier alpha value is -1.35. The van der Waals surface area contributed by atoms with E-state index in [0.717, 1.165) is 23.8 Å². The number of amides is 1. The highest BCUT2D eigenvalue weighted by Gasteiger charge is 2.29. The number of carbonyl (C=O) groups excluding carboxylic acids is 1. The summed E-state index contributed by atoms with van der Waals surface area (Å²) in [6, 6.07) is -0.267. The second kappa shape index (κ2) is 8.56. The number of hydrogen-bond donors (Lipinski definition) is 1. The zero-order valence-corrected chi connectivity index (χ0v) is 16.5. The molecule has 1 N–H and O–H groups in total. The lowest BCUT2D eigenvalue weighted by molar-refractivity contribution is -0.119. The number of nitrogens with one attached hydrogen (secondary N) is 1. The van der Waals surface area contributed by atoms with Gasteiger partial charge in [0.2, 0.25) is 5.91 Å². The highest BCUT2D eigenvalue weighted by atomic mass is 32.2. The van der Waals surface area contributed by atoms with Gasteiger partial charge in [-0.2, -0.15) is 0 Å². The van der Waals surface area contributed by atoms with Crippen LogP contribution in [0.2, 0.25) is 0 Å². The zero-order valence-electron chi connectivity index (χ0n) is 14.9. The predicted octanol–water partition coefficient (Wildman–Crippen LogP) is 1.91. The molecule has 2 aliphatic rings. The average molecular weight is 399 g/mol. The summed E-state index contributed by atoms with van der Waals surface area (Å²) in [5.74, 6) is 1.67. The monoisotopic (exact) mass is 398 g/mol. The minimum Gasteiger partial charge on any atom is -0.352 e. The summed E-state index contributed by atoms with van der Waals surface area (Å²) in [7, 11) is -2.99. The van der Waals surface area contributed by atoms with Crippen molar-refractivity contribution in [2.45, 2.75) is 62.2 Å². The van der Waals surface area contributed by atoms with Gasteiger partial charge < -0.3 is 9.88 Å². The van der Waals surface area contributed by atoms with Crippen molar-refractivity contribution in [3.63, 3.8) is 0 Å². The number of sulfone groups is 1. The van der Waals surface area contributed by atoms with Gasteiger partial charge in [0.25, 0.3) is 0 Å². The highest BCUT2D eigenvalue weighted by molar-refractivity contribution is 7.99. The van der Waals surface area contributed by atoms with Crippen LogP contribution in [0.3, 0.4) is 0 Å². The lowest BCUT2D eigenvalue weighted by Crippen LogP contribution is -2.36. The second-order valence-corrected chi connectivity index (χ2v) is 10.2. The summed E-state index contributed by atoms with van der Waals surface area (Å²) in [5.41, 5.74) is 0. The molecule has 0 bridgehead atoms. The molecule has 2 fully saturated rings. The van der Waals surface area contributed by atoms with E-state index in [1.165, 1.54) is 31.0 Å². The first-order valence-electron chi connectivity index (χ1n) is 9.15. The molecule has 1 aromatic heterocycles. The maximum Gasteiger partial charge on any atom is 0.230 e. The number of allylic oxidation sites excluding steroid dienone is 1. The molecule has 1 aliphatic carbocycles. The van der Waals surface area contributed by atoms with E-state index < -0.39 is 9.84 Å². The van der Waals surface area contributed by atoms with Crippen molar-refractivity contribution < 1.29 is 13.2 Å². The quantitative estimate of drug-likeness (QED) is 0.557. The molecule has 1 saturated heterocycles. The van der Waals surface area contributed by atoms with Crippen molar-refractivity contribution in [3.05, 3.63) is 18.5 Å². The van der Waals surface area contributed by atoms with Gasteiger partial charge in [0.05, 0.1) is 17.3 Å². The Balaban J connectivity index is 1.59.